The summed E-state index contributed by atoms with van der Waals surface area (Å²) in [6, 6.07) is 16.9. The lowest BCUT2D eigenvalue weighted by Crippen LogP contribution is -2.28. The van der Waals surface area contributed by atoms with E-state index < -0.39 is 0 Å². The lowest BCUT2D eigenvalue weighted by Gasteiger charge is -2.19. The summed E-state index contributed by atoms with van der Waals surface area (Å²) in [6.45, 7) is 7.69. The van der Waals surface area contributed by atoms with E-state index in [1.807, 2.05) is 48.5 Å². The van der Waals surface area contributed by atoms with E-state index in [2.05, 4.69) is 29.0 Å². The van der Waals surface area contributed by atoms with Gasteiger partial charge in [0.2, 0.25) is 0 Å². The molecule has 1 amide bonds. The number of benzene rings is 2. The topological polar surface area (TPSA) is 54.5 Å². The molecule has 2 aromatic carbocycles. The maximum absolute atomic E-state index is 12.9. The Balaban J connectivity index is 1.74. The van der Waals surface area contributed by atoms with Crippen molar-refractivity contribution in [3.8, 4) is 5.75 Å². The number of anilines is 1. The van der Waals surface area contributed by atoms with Gasteiger partial charge in [-0.05, 0) is 37.4 Å². The average molecular weight is 363 g/mol. The van der Waals surface area contributed by atoms with Crippen LogP contribution in [0.5, 0.6) is 5.75 Å². The standard InChI is InChI=1S/C22H25N3O2/c1-3-25(4-2)15-16-27-21-12-8-7-11-20(21)24-22(26)18-13-14-23-19-10-6-5-9-17(18)19/h5-14H,3-4,15-16H2,1-2H3,(H,24,26). The van der Waals surface area contributed by atoms with Crippen LogP contribution in [0.2, 0.25) is 0 Å². The maximum atomic E-state index is 12.9. The van der Waals surface area contributed by atoms with Gasteiger partial charge in [0.25, 0.3) is 5.91 Å². The van der Waals surface area contributed by atoms with Gasteiger partial charge in [0.15, 0.2) is 0 Å². The molecule has 0 spiro atoms. The Morgan fingerprint density at radius 2 is 1.78 bits per heavy atom. The maximum Gasteiger partial charge on any atom is 0.256 e. The van der Waals surface area contributed by atoms with Crippen molar-refractivity contribution in [2.24, 2.45) is 0 Å². The number of pyridine rings is 1. The van der Waals surface area contributed by atoms with Crippen LogP contribution in [-0.2, 0) is 0 Å². The number of hydrogen-bond donors (Lipinski definition) is 1. The highest BCUT2D eigenvalue weighted by atomic mass is 16.5. The summed E-state index contributed by atoms with van der Waals surface area (Å²) in [5.41, 5.74) is 2.07. The Morgan fingerprint density at radius 1 is 1.04 bits per heavy atom. The Bertz CT molecular complexity index is 901. The van der Waals surface area contributed by atoms with E-state index in [-0.39, 0.29) is 5.91 Å². The van der Waals surface area contributed by atoms with Crippen LogP contribution in [0.25, 0.3) is 10.9 Å². The van der Waals surface area contributed by atoms with E-state index >= 15 is 0 Å². The third-order valence-electron chi connectivity index (χ3n) is 4.59. The highest BCUT2D eigenvalue weighted by molar-refractivity contribution is 6.12. The fourth-order valence-electron chi connectivity index (χ4n) is 3.00. The molecule has 0 bridgehead atoms. The molecule has 140 valence electrons. The molecule has 5 nitrogen and oxygen atoms in total. The van der Waals surface area contributed by atoms with Gasteiger partial charge in [-0.2, -0.15) is 0 Å². The van der Waals surface area contributed by atoms with Gasteiger partial charge in [0.1, 0.15) is 12.4 Å². The number of nitrogens with one attached hydrogen (secondary N) is 1. The van der Waals surface area contributed by atoms with Gasteiger partial charge in [0, 0.05) is 18.1 Å². The molecule has 1 heterocycles. The zero-order valence-electron chi connectivity index (χ0n) is 15.8. The number of aromatic nitrogens is 1. The largest absolute Gasteiger partial charge is 0.490 e. The summed E-state index contributed by atoms with van der Waals surface area (Å²) in [5.74, 6) is 0.504. The van der Waals surface area contributed by atoms with E-state index in [1.54, 1.807) is 12.3 Å². The van der Waals surface area contributed by atoms with Gasteiger partial charge < -0.3 is 15.0 Å². The third-order valence-corrected chi connectivity index (χ3v) is 4.59. The molecule has 3 aromatic rings. The lowest BCUT2D eigenvalue weighted by molar-refractivity contribution is 0.102. The number of para-hydroxylation sites is 3. The predicted octanol–water partition coefficient (Wildman–Crippen LogP) is 4.21. The number of rotatable bonds is 8. The molecular formula is C22H25N3O2. The average Bonchev–Trinajstić information content (AvgIpc) is 2.72. The summed E-state index contributed by atoms with van der Waals surface area (Å²) < 4.78 is 5.93. The minimum absolute atomic E-state index is 0.173. The van der Waals surface area contributed by atoms with Crippen molar-refractivity contribution in [1.29, 1.82) is 0 Å². The van der Waals surface area contributed by atoms with E-state index in [9.17, 15) is 4.79 Å². The van der Waals surface area contributed by atoms with Gasteiger partial charge in [-0.25, -0.2) is 0 Å². The highest BCUT2D eigenvalue weighted by Gasteiger charge is 2.13. The number of fused-ring (bicyclic) bond motifs is 1. The van der Waals surface area contributed by atoms with Gasteiger partial charge in [-0.15, -0.1) is 0 Å². The van der Waals surface area contributed by atoms with E-state index in [1.165, 1.54) is 0 Å². The molecular weight excluding hydrogens is 338 g/mol. The number of nitrogens with zero attached hydrogens (tertiary/aromatic N) is 2. The second-order valence-electron chi connectivity index (χ2n) is 6.20. The van der Waals surface area contributed by atoms with Crippen molar-refractivity contribution in [2.75, 3.05) is 31.6 Å². The van der Waals surface area contributed by atoms with Gasteiger partial charge in [-0.3, -0.25) is 9.78 Å². The van der Waals surface area contributed by atoms with Crippen LogP contribution in [0.3, 0.4) is 0 Å². The van der Waals surface area contributed by atoms with Crippen molar-refractivity contribution < 1.29 is 9.53 Å². The second-order valence-corrected chi connectivity index (χ2v) is 6.20. The molecule has 0 aliphatic carbocycles. The zero-order chi connectivity index (χ0) is 19.1. The second kappa shape index (κ2) is 9.14. The number of hydrogen-bond acceptors (Lipinski definition) is 4. The molecule has 0 saturated heterocycles. The predicted molar refractivity (Wildman–Crippen MR) is 109 cm³/mol. The van der Waals surface area contributed by atoms with Crippen molar-refractivity contribution >= 4 is 22.5 Å². The number of carbonyl (C=O) groups excluding carboxylic acids is 1. The van der Waals surface area contributed by atoms with Gasteiger partial charge in [0.05, 0.1) is 16.8 Å². The van der Waals surface area contributed by atoms with Crippen LogP contribution in [0, 0.1) is 0 Å². The normalized spacial score (nSPS) is 10.9. The first-order valence-corrected chi connectivity index (χ1v) is 9.32. The first-order chi connectivity index (χ1) is 13.2. The zero-order valence-corrected chi connectivity index (χ0v) is 15.8. The van der Waals surface area contributed by atoms with E-state index in [0.29, 0.717) is 23.6 Å². The van der Waals surface area contributed by atoms with Crippen LogP contribution in [0.1, 0.15) is 24.2 Å². The van der Waals surface area contributed by atoms with Gasteiger partial charge in [-0.1, -0.05) is 44.2 Å². The molecule has 5 heteroatoms. The van der Waals surface area contributed by atoms with Crippen LogP contribution < -0.4 is 10.1 Å². The minimum atomic E-state index is -0.173. The minimum Gasteiger partial charge on any atom is -0.490 e. The van der Waals surface area contributed by atoms with Crippen molar-refractivity contribution in [3.63, 3.8) is 0 Å². The molecule has 0 fully saturated rings. The Kier molecular flexibility index (Phi) is 6.39. The number of amides is 1. The summed E-state index contributed by atoms with van der Waals surface area (Å²) in [4.78, 5) is 19.5. The molecule has 1 aromatic heterocycles. The smallest absolute Gasteiger partial charge is 0.256 e. The summed E-state index contributed by atoms with van der Waals surface area (Å²) in [6.07, 6.45) is 1.66. The summed E-state index contributed by atoms with van der Waals surface area (Å²) in [7, 11) is 0. The fraction of sp³-hybridized carbons (Fsp3) is 0.273. The van der Waals surface area contributed by atoms with Gasteiger partial charge >= 0.3 is 0 Å². The number of likely N-dealkylation sites (N-methyl/N-ethyl adjacent to an activating group) is 1. The molecule has 3 rings (SSSR count). The third kappa shape index (κ3) is 4.63. The Hall–Kier alpha value is -2.92. The Labute approximate surface area is 160 Å². The quantitative estimate of drug-likeness (QED) is 0.651. The van der Waals surface area contributed by atoms with Crippen molar-refractivity contribution in [3.05, 3.63) is 66.4 Å². The first-order valence-electron chi connectivity index (χ1n) is 9.32. The van der Waals surface area contributed by atoms with Crippen molar-refractivity contribution in [1.82, 2.24) is 9.88 Å². The molecule has 0 radical (unpaired) electrons. The number of carbonyl (C=O) groups is 1. The molecule has 0 aliphatic heterocycles. The molecule has 0 aliphatic rings. The monoisotopic (exact) mass is 363 g/mol. The van der Waals surface area contributed by atoms with E-state index in [4.69, 9.17) is 4.74 Å². The fourth-order valence-corrected chi connectivity index (χ4v) is 3.00. The lowest BCUT2D eigenvalue weighted by atomic mass is 10.1. The number of ether oxygens (including phenoxy) is 1. The molecule has 0 saturated carbocycles. The molecule has 0 atom stereocenters. The van der Waals surface area contributed by atoms with Crippen LogP contribution in [-0.4, -0.2) is 42.0 Å². The van der Waals surface area contributed by atoms with E-state index in [0.717, 1.165) is 30.5 Å². The molecule has 1 N–H and O–H groups in total. The summed E-state index contributed by atoms with van der Waals surface area (Å²) in [5, 5.41) is 3.81. The highest BCUT2D eigenvalue weighted by Crippen LogP contribution is 2.25. The summed E-state index contributed by atoms with van der Waals surface area (Å²) >= 11 is 0. The van der Waals surface area contributed by atoms with Crippen LogP contribution >= 0.6 is 0 Å². The first kappa shape index (κ1) is 18.9. The SMILES string of the molecule is CCN(CC)CCOc1ccccc1NC(=O)c1ccnc2ccccc12. The Morgan fingerprint density at radius 3 is 2.59 bits per heavy atom. The van der Waals surface area contributed by atoms with Crippen LogP contribution in [0.4, 0.5) is 5.69 Å². The molecule has 27 heavy (non-hydrogen) atoms. The van der Waals surface area contributed by atoms with Crippen LogP contribution in [0.15, 0.2) is 60.8 Å². The van der Waals surface area contributed by atoms with Crippen molar-refractivity contribution in [2.45, 2.75) is 13.8 Å². The molecule has 0 unspecified atom stereocenters.